The van der Waals surface area contributed by atoms with Crippen molar-refractivity contribution in [1.29, 1.82) is 0 Å². The fourth-order valence-corrected chi connectivity index (χ4v) is 5.32. The van der Waals surface area contributed by atoms with Crippen LogP contribution in [0.5, 0.6) is 0 Å². The van der Waals surface area contributed by atoms with Crippen molar-refractivity contribution in [3.05, 3.63) is 64.3 Å². The number of rotatable bonds is 4. The average Bonchev–Trinajstić information content (AvgIpc) is 3.28. The van der Waals surface area contributed by atoms with Gasteiger partial charge in [-0.15, -0.1) is 0 Å². The zero-order chi connectivity index (χ0) is 20.0. The van der Waals surface area contributed by atoms with Crippen molar-refractivity contribution in [2.24, 2.45) is 0 Å². The minimum absolute atomic E-state index is 0.126. The molecule has 3 heterocycles. The van der Waals surface area contributed by atoms with Crippen LogP contribution in [-0.2, 0) is 34.7 Å². The van der Waals surface area contributed by atoms with E-state index in [4.69, 9.17) is 13.8 Å². The van der Waals surface area contributed by atoms with E-state index in [0.717, 1.165) is 39.7 Å². The Balaban J connectivity index is 1.52. The van der Waals surface area contributed by atoms with Crippen LogP contribution in [0.1, 0.15) is 47.7 Å². The standard InChI is InChI=1S/C23H25NO4S/c1-2-14-3-5-15(6-4-14)7-21-19-10-20-16(8-22(19)29-24-21)13-27-23(20)11-17(26)9-18(12-25)28-23/h3-6,8,10,17-18,25-26H,2,7,9,11-13H2,1H3/t17-,18-,23+/m0/s1. The van der Waals surface area contributed by atoms with Crippen LogP contribution < -0.4 is 0 Å². The van der Waals surface area contributed by atoms with Gasteiger partial charge >= 0.3 is 0 Å². The topological polar surface area (TPSA) is 71.8 Å². The summed E-state index contributed by atoms with van der Waals surface area (Å²) in [6.07, 6.45) is 1.65. The molecule has 3 aromatic rings. The molecule has 0 aliphatic carbocycles. The zero-order valence-electron chi connectivity index (χ0n) is 16.4. The molecule has 1 aromatic heterocycles. The minimum Gasteiger partial charge on any atom is -0.394 e. The lowest BCUT2D eigenvalue weighted by Crippen LogP contribution is -2.45. The summed E-state index contributed by atoms with van der Waals surface area (Å²) in [4.78, 5) is 0. The average molecular weight is 412 g/mol. The van der Waals surface area contributed by atoms with Gasteiger partial charge in [0.05, 0.1) is 35.8 Å². The molecule has 1 saturated heterocycles. The SMILES string of the molecule is CCc1ccc(Cc2nsc3cc4c(cc23)[C@]2(C[C@@H](O)C[C@@H](CO)O2)OC4)cc1. The molecule has 3 atom stereocenters. The van der Waals surface area contributed by atoms with Crippen LogP contribution in [0.4, 0.5) is 0 Å². The van der Waals surface area contributed by atoms with Crippen LogP contribution in [0, 0.1) is 0 Å². The number of aliphatic hydroxyl groups is 2. The summed E-state index contributed by atoms with van der Waals surface area (Å²) in [5.74, 6) is -0.976. The van der Waals surface area contributed by atoms with Crippen LogP contribution in [0.25, 0.3) is 10.1 Å². The number of hydrogen-bond donors (Lipinski definition) is 2. The molecule has 2 aliphatic heterocycles. The van der Waals surface area contributed by atoms with Crippen LogP contribution in [0.15, 0.2) is 36.4 Å². The third-order valence-electron chi connectivity index (χ3n) is 6.04. The monoisotopic (exact) mass is 411 g/mol. The Bertz CT molecular complexity index is 1030. The first-order valence-corrected chi connectivity index (χ1v) is 11.0. The van der Waals surface area contributed by atoms with Crippen molar-refractivity contribution >= 4 is 21.6 Å². The highest BCUT2D eigenvalue weighted by Crippen LogP contribution is 2.47. The normalized spacial score (nSPS) is 26.3. The summed E-state index contributed by atoms with van der Waals surface area (Å²) in [5.41, 5.74) is 5.66. The molecule has 1 fully saturated rings. The lowest BCUT2D eigenvalue weighted by Gasteiger charge is -2.40. The maximum Gasteiger partial charge on any atom is 0.198 e. The van der Waals surface area contributed by atoms with Gasteiger partial charge in [0.2, 0.25) is 0 Å². The third-order valence-corrected chi connectivity index (χ3v) is 6.89. The van der Waals surface area contributed by atoms with Gasteiger partial charge < -0.3 is 19.7 Å². The Labute approximate surface area is 174 Å². The second kappa shape index (κ2) is 7.45. The molecule has 0 bridgehead atoms. The highest BCUT2D eigenvalue weighted by atomic mass is 32.1. The molecule has 0 radical (unpaired) electrons. The molecular weight excluding hydrogens is 386 g/mol. The Morgan fingerprint density at radius 1 is 1.21 bits per heavy atom. The predicted octanol–water partition coefficient (Wildman–Crippen LogP) is 3.66. The van der Waals surface area contributed by atoms with Crippen LogP contribution in [0.2, 0.25) is 0 Å². The fourth-order valence-electron chi connectivity index (χ4n) is 4.48. The zero-order valence-corrected chi connectivity index (χ0v) is 17.2. The molecule has 0 amide bonds. The van der Waals surface area contributed by atoms with E-state index in [9.17, 15) is 10.2 Å². The molecule has 2 aliphatic rings. The number of benzene rings is 2. The first-order chi connectivity index (χ1) is 14.1. The first-order valence-electron chi connectivity index (χ1n) is 10.2. The molecule has 29 heavy (non-hydrogen) atoms. The van der Waals surface area contributed by atoms with E-state index >= 15 is 0 Å². The van der Waals surface area contributed by atoms with E-state index in [-0.39, 0.29) is 6.61 Å². The molecule has 152 valence electrons. The predicted molar refractivity (Wildman–Crippen MR) is 112 cm³/mol. The van der Waals surface area contributed by atoms with Gasteiger partial charge in [-0.2, -0.15) is 4.37 Å². The van der Waals surface area contributed by atoms with E-state index in [1.54, 1.807) is 0 Å². The summed E-state index contributed by atoms with van der Waals surface area (Å²) in [5, 5.41) is 21.0. The van der Waals surface area contributed by atoms with Crippen molar-refractivity contribution in [3.8, 4) is 0 Å². The van der Waals surface area contributed by atoms with E-state index < -0.39 is 18.0 Å². The summed E-state index contributed by atoms with van der Waals surface area (Å²) in [6.45, 7) is 2.48. The summed E-state index contributed by atoms with van der Waals surface area (Å²) >= 11 is 1.51. The Morgan fingerprint density at radius 3 is 2.76 bits per heavy atom. The summed E-state index contributed by atoms with van der Waals surface area (Å²) in [6, 6.07) is 13.0. The Kier molecular flexibility index (Phi) is 4.92. The number of ether oxygens (including phenoxy) is 2. The van der Waals surface area contributed by atoms with Crippen LogP contribution in [-0.4, -0.2) is 33.4 Å². The van der Waals surface area contributed by atoms with Gasteiger partial charge in [0, 0.05) is 30.2 Å². The van der Waals surface area contributed by atoms with Gasteiger partial charge in [-0.25, -0.2) is 0 Å². The number of aryl methyl sites for hydroxylation is 1. The van der Waals surface area contributed by atoms with Crippen molar-refractivity contribution in [2.45, 2.75) is 57.2 Å². The van der Waals surface area contributed by atoms with Gasteiger partial charge in [-0.3, -0.25) is 0 Å². The van der Waals surface area contributed by atoms with Crippen molar-refractivity contribution < 1.29 is 19.7 Å². The Morgan fingerprint density at radius 2 is 2.00 bits per heavy atom. The molecule has 1 spiro atoms. The molecule has 2 N–H and O–H groups in total. The smallest absolute Gasteiger partial charge is 0.198 e. The van der Waals surface area contributed by atoms with E-state index in [0.29, 0.717) is 19.4 Å². The molecule has 0 saturated carbocycles. The maximum absolute atomic E-state index is 10.3. The van der Waals surface area contributed by atoms with Gasteiger partial charge in [0.25, 0.3) is 0 Å². The molecular formula is C23H25NO4S. The second-order valence-corrected chi connectivity index (χ2v) is 8.84. The van der Waals surface area contributed by atoms with Crippen LogP contribution in [0.3, 0.4) is 0 Å². The highest BCUT2D eigenvalue weighted by molar-refractivity contribution is 7.13. The van der Waals surface area contributed by atoms with Crippen molar-refractivity contribution in [2.75, 3.05) is 6.61 Å². The number of fused-ring (bicyclic) bond motifs is 3. The van der Waals surface area contributed by atoms with E-state index in [2.05, 4.69) is 43.3 Å². The Hall–Kier alpha value is -1.83. The van der Waals surface area contributed by atoms with Gasteiger partial charge in [0.15, 0.2) is 5.79 Å². The lowest BCUT2D eigenvalue weighted by atomic mass is 9.91. The summed E-state index contributed by atoms with van der Waals surface area (Å²) in [7, 11) is 0. The number of aromatic nitrogens is 1. The molecule has 0 unspecified atom stereocenters. The maximum atomic E-state index is 10.3. The number of nitrogens with zero attached hydrogens (tertiary/aromatic N) is 1. The summed E-state index contributed by atoms with van der Waals surface area (Å²) < 4.78 is 18.1. The van der Waals surface area contributed by atoms with Gasteiger partial charge in [-0.05, 0) is 46.8 Å². The lowest BCUT2D eigenvalue weighted by molar-refractivity contribution is -0.302. The number of aliphatic hydroxyl groups excluding tert-OH is 2. The quantitative estimate of drug-likeness (QED) is 0.686. The molecule has 5 nitrogen and oxygen atoms in total. The fraction of sp³-hybridized carbons (Fsp3) is 0.435. The third kappa shape index (κ3) is 3.39. The van der Waals surface area contributed by atoms with Gasteiger partial charge in [0.1, 0.15) is 0 Å². The first kappa shape index (κ1) is 19.2. The highest BCUT2D eigenvalue weighted by Gasteiger charge is 2.48. The van der Waals surface area contributed by atoms with Crippen molar-refractivity contribution in [3.63, 3.8) is 0 Å². The largest absolute Gasteiger partial charge is 0.394 e. The number of hydrogen-bond acceptors (Lipinski definition) is 6. The van der Waals surface area contributed by atoms with Gasteiger partial charge in [-0.1, -0.05) is 31.2 Å². The minimum atomic E-state index is -0.976. The molecule has 2 aromatic carbocycles. The molecule has 6 heteroatoms. The van der Waals surface area contributed by atoms with Crippen LogP contribution >= 0.6 is 11.5 Å². The van der Waals surface area contributed by atoms with E-state index in [1.807, 2.05) is 0 Å². The molecule has 5 rings (SSSR count). The van der Waals surface area contributed by atoms with Crippen molar-refractivity contribution in [1.82, 2.24) is 4.37 Å². The van der Waals surface area contributed by atoms with E-state index in [1.165, 1.54) is 22.7 Å². The second-order valence-electron chi connectivity index (χ2n) is 8.04.